The monoisotopic (exact) mass is 496 g/mol. The molecule has 2 aromatic rings. The van der Waals surface area contributed by atoms with Gasteiger partial charge in [0.2, 0.25) is 15.9 Å². The Morgan fingerprint density at radius 3 is 2.28 bits per heavy atom. The lowest BCUT2D eigenvalue weighted by Gasteiger charge is -2.36. The van der Waals surface area contributed by atoms with E-state index in [-0.39, 0.29) is 46.8 Å². The van der Waals surface area contributed by atoms with Crippen molar-refractivity contribution in [2.75, 3.05) is 26.2 Å². The van der Waals surface area contributed by atoms with E-state index in [2.05, 4.69) is 4.72 Å². The van der Waals surface area contributed by atoms with Gasteiger partial charge in [-0.25, -0.2) is 16.8 Å². The van der Waals surface area contributed by atoms with Gasteiger partial charge in [-0.15, -0.1) is 11.3 Å². The highest BCUT2D eigenvalue weighted by atomic mass is 32.2. The van der Waals surface area contributed by atoms with Gasteiger partial charge in [0.05, 0.1) is 10.5 Å². The van der Waals surface area contributed by atoms with Crippen LogP contribution in [0.2, 0.25) is 0 Å². The Balaban J connectivity index is 1.72. The minimum absolute atomic E-state index is 0.0519. The van der Waals surface area contributed by atoms with Crippen molar-refractivity contribution in [1.82, 2.24) is 13.9 Å². The molecule has 1 N–H and O–H groups in total. The van der Waals surface area contributed by atoms with Crippen molar-refractivity contribution in [3.8, 4) is 6.07 Å². The third-order valence-electron chi connectivity index (χ3n) is 5.15. The molecule has 9 nitrogen and oxygen atoms in total. The maximum atomic E-state index is 13.1. The van der Waals surface area contributed by atoms with Crippen LogP contribution in [-0.2, 0) is 24.8 Å². The van der Waals surface area contributed by atoms with Crippen LogP contribution in [0, 0.1) is 17.2 Å². The van der Waals surface area contributed by atoms with E-state index in [1.807, 2.05) is 6.07 Å². The number of piperazine rings is 1. The van der Waals surface area contributed by atoms with E-state index in [0.717, 1.165) is 11.3 Å². The molecule has 1 aliphatic rings. The second-order valence-electron chi connectivity index (χ2n) is 7.61. The highest BCUT2D eigenvalue weighted by Gasteiger charge is 2.36. The smallest absolute Gasteiger partial charge is 0.250 e. The number of rotatable bonds is 7. The highest BCUT2D eigenvalue weighted by Crippen LogP contribution is 2.22. The lowest BCUT2D eigenvalue weighted by atomic mass is 10.0. The molecular weight excluding hydrogens is 472 g/mol. The Hall–Kier alpha value is -2.30. The van der Waals surface area contributed by atoms with Gasteiger partial charge in [0.25, 0.3) is 10.0 Å². The Morgan fingerprint density at radius 2 is 1.72 bits per heavy atom. The molecule has 3 rings (SSSR count). The van der Waals surface area contributed by atoms with E-state index in [0.29, 0.717) is 0 Å². The van der Waals surface area contributed by atoms with Crippen LogP contribution in [0.15, 0.2) is 50.9 Å². The summed E-state index contributed by atoms with van der Waals surface area (Å²) in [4.78, 5) is 14.5. The zero-order valence-electron chi connectivity index (χ0n) is 17.6. The molecule has 2 heterocycles. The van der Waals surface area contributed by atoms with E-state index in [1.165, 1.54) is 27.4 Å². The number of hydrogen-bond acceptors (Lipinski definition) is 7. The summed E-state index contributed by atoms with van der Waals surface area (Å²) in [6, 6.07) is 10.00. The van der Waals surface area contributed by atoms with Crippen LogP contribution in [0.5, 0.6) is 0 Å². The van der Waals surface area contributed by atoms with E-state index < -0.39 is 32.0 Å². The normalized spacial score (nSPS) is 16.6. The second kappa shape index (κ2) is 9.68. The molecule has 0 saturated carbocycles. The molecule has 0 unspecified atom stereocenters. The summed E-state index contributed by atoms with van der Waals surface area (Å²) in [7, 11) is -7.72. The predicted octanol–water partition coefficient (Wildman–Crippen LogP) is 1.46. The number of nitrogens with one attached hydrogen (secondary N) is 1. The zero-order valence-corrected chi connectivity index (χ0v) is 20.1. The molecule has 1 fully saturated rings. The Kier molecular flexibility index (Phi) is 7.36. The Morgan fingerprint density at radius 1 is 1.06 bits per heavy atom. The van der Waals surface area contributed by atoms with Gasteiger partial charge in [-0.3, -0.25) is 4.79 Å². The molecule has 1 aromatic heterocycles. The Bertz CT molecular complexity index is 1210. The number of hydrogen-bond donors (Lipinski definition) is 1. The molecule has 12 heteroatoms. The molecule has 0 radical (unpaired) electrons. The maximum absolute atomic E-state index is 13.1. The number of nitriles is 1. The fourth-order valence-corrected chi connectivity index (χ4v) is 7.29. The van der Waals surface area contributed by atoms with Crippen molar-refractivity contribution >= 4 is 37.3 Å². The van der Waals surface area contributed by atoms with Crippen LogP contribution in [-0.4, -0.2) is 64.2 Å². The summed E-state index contributed by atoms with van der Waals surface area (Å²) in [5.74, 6) is -0.698. The summed E-state index contributed by atoms with van der Waals surface area (Å²) in [6.07, 6.45) is 0. The van der Waals surface area contributed by atoms with Crippen LogP contribution in [0.3, 0.4) is 0 Å². The van der Waals surface area contributed by atoms with Gasteiger partial charge >= 0.3 is 0 Å². The molecule has 32 heavy (non-hydrogen) atoms. The van der Waals surface area contributed by atoms with Gasteiger partial charge in [-0.1, -0.05) is 32.0 Å². The molecule has 1 aromatic carbocycles. The van der Waals surface area contributed by atoms with Crippen molar-refractivity contribution < 1.29 is 21.6 Å². The van der Waals surface area contributed by atoms with Crippen molar-refractivity contribution in [3.63, 3.8) is 0 Å². The SMILES string of the molecule is CC(C)[C@@H](NS(=O)(=O)c1cccs1)C(=O)N1CCN(S(=O)(=O)c2ccccc2C#N)CC1. The number of sulfonamides is 2. The van der Waals surface area contributed by atoms with E-state index >= 15 is 0 Å². The number of nitrogens with zero attached hydrogens (tertiary/aromatic N) is 3. The van der Waals surface area contributed by atoms with Crippen LogP contribution in [0.25, 0.3) is 0 Å². The van der Waals surface area contributed by atoms with Gasteiger partial charge < -0.3 is 4.90 Å². The molecule has 1 aliphatic heterocycles. The van der Waals surface area contributed by atoms with Crippen LogP contribution in [0.1, 0.15) is 19.4 Å². The average molecular weight is 497 g/mol. The summed E-state index contributed by atoms with van der Waals surface area (Å²) in [5, 5.41) is 10.9. The number of amides is 1. The second-order valence-corrected chi connectivity index (χ2v) is 12.4. The Labute approximate surface area is 192 Å². The summed E-state index contributed by atoms with van der Waals surface area (Å²) >= 11 is 1.06. The van der Waals surface area contributed by atoms with Crippen molar-refractivity contribution in [2.24, 2.45) is 5.92 Å². The first kappa shape index (κ1) is 24.3. The first-order chi connectivity index (χ1) is 15.1. The molecule has 172 valence electrons. The molecule has 1 atom stereocenters. The van der Waals surface area contributed by atoms with Gasteiger partial charge in [-0.2, -0.15) is 14.3 Å². The number of thiophene rings is 1. The fraction of sp³-hybridized carbons (Fsp3) is 0.400. The number of benzene rings is 1. The first-order valence-electron chi connectivity index (χ1n) is 9.92. The number of carbonyl (C=O) groups excluding carboxylic acids is 1. The van der Waals surface area contributed by atoms with Crippen LogP contribution in [0.4, 0.5) is 0 Å². The highest BCUT2D eigenvalue weighted by molar-refractivity contribution is 7.91. The van der Waals surface area contributed by atoms with Crippen molar-refractivity contribution in [3.05, 3.63) is 47.3 Å². The van der Waals surface area contributed by atoms with E-state index in [1.54, 1.807) is 37.4 Å². The van der Waals surface area contributed by atoms with Crippen LogP contribution >= 0.6 is 11.3 Å². The lowest BCUT2D eigenvalue weighted by Crippen LogP contribution is -2.57. The largest absolute Gasteiger partial charge is 0.339 e. The minimum atomic E-state index is -3.89. The predicted molar refractivity (Wildman–Crippen MR) is 120 cm³/mol. The molecule has 0 bridgehead atoms. The maximum Gasteiger partial charge on any atom is 0.250 e. The standard InChI is InChI=1S/C20H24N4O5S3/c1-15(2)19(22-31(26,27)18-8-5-13-30-18)20(25)23-9-11-24(12-10-23)32(28,29)17-7-4-3-6-16(17)14-21/h3-8,13,15,19,22H,9-12H2,1-2H3/t19-/m1/s1. The zero-order chi connectivity index (χ0) is 23.5. The minimum Gasteiger partial charge on any atom is -0.339 e. The van der Waals surface area contributed by atoms with Crippen LogP contribution < -0.4 is 4.72 Å². The molecule has 0 aliphatic carbocycles. The van der Waals surface area contributed by atoms with Gasteiger partial charge in [-0.05, 0) is 29.5 Å². The lowest BCUT2D eigenvalue weighted by molar-refractivity contribution is -0.135. The molecule has 1 saturated heterocycles. The molecular formula is C20H24N4O5S3. The first-order valence-corrected chi connectivity index (χ1v) is 13.7. The summed E-state index contributed by atoms with van der Waals surface area (Å²) in [6.45, 7) is 3.85. The van der Waals surface area contributed by atoms with E-state index in [9.17, 15) is 26.9 Å². The van der Waals surface area contributed by atoms with E-state index in [4.69, 9.17) is 0 Å². The quantitative estimate of drug-likeness (QED) is 0.618. The van der Waals surface area contributed by atoms with Crippen molar-refractivity contribution in [2.45, 2.75) is 29.0 Å². The number of carbonyl (C=O) groups is 1. The topological polar surface area (TPSA) is 128 Å². The van der Waals surface area contributed by atoms with Gasteiger partial charge in [0.1, 0.15) is 16.3 Å². The van der Waals surface area contributed by atoms with Crippen molar-refractivity contribution in [1.29, 1.82) is 5.26 Å². The third-order valence-corrected chi connectivity index (χ3v) is 9.95. The summed E-state index contributed by atoms with van der Waals surface area (Å²) in [5.41, 5.74) is 0.0638. The fourth-order valence-electron chi connectivity index (χ4n) is 3.38. The third kappa shape index (κ3) is 5.02. The average Bonchev–Trinajstić information content (AvgIpc) is 3.33. The van der Waals surface area contributed by atoms with Gasteiger partial charge in [0, 0.05) is 26.2 Å². The summed E-state index contributed by atoms with van der Waals surface area (Å²) < 4.78 is 55.1. The van der Waals surface area contributed by atoms with Gasteiger partial charge in [0.15, 0.2) is 0 Å². The molecule has 1 amide bonds. The molecule has 0 spiro atoms.